The largest absolute Gasteiger partial charge is 0.497 e. The highest BCUT2D eigenvalue weighted by atomic mass is 32.2. The number of sulfonamides is 1. The highest BCUT2D eigenvalue weighted by Gasteiger charge is 2.38. The molecule has 2 aromatic carbocycles. The summed E-state index contributed by atoms with van der Waals surface area (Å²) in [7, 11) is -0.553. The van der Waals surface area contributed by atoms with Gasteiger partial charge in [-0.1, -0.05) is 0 Å². The van der Waals surface area contributed by atoms with Crippen molar-refractivity contribution in [2.24, 2.45) is 0 Å². The maximum absolute atomic E-state index is 13.1. The van der Waals surface area contributed by atoms with Crippen molar-refractivity contribution in [3.63, 3.8) is 0 Å². The van der Waals surface area contributed by atoms with Crippen LogP contribution in [0.3, 0.4) is 0 Å². The van der Waals surface area contributed by atoms with Crippen molar-refractivity contribution in [1.29, 1.82) is 5.26 Å². The van der Waals surface area contributed by atoms with E-state index in [0.29, 0.717) is 17.1 Å². The van der Waals surface area contributed by atoms with Crippen molar-refractivity contribution in [1.82, 2.24) is 4.31 Å². The smallest absolute Gasteiger partial charge is 0.243 e. The standard InChI is InChI=1S/C19H20N2O4S/c1-24-17-7-10-19(25-2)15(11-17)13-21(16-5-6-16)26(22,23)18-8-3-14(12-20)4-9-18/h3-4,7-11,16H,5-6,13H2,1-2H3. The van der Waals surface area contributed by atoms with Crippen molar-refractivity contribution < 1.29 is 17.9 Å². The molecule has 0 spiro atoms. The van der Waals surface area contributed by atoms with Crippen LogP contribution < -0.4 is 9.47 Å². The molecule has 0 unspecified atom stereocenters. The van der Waals surface area contributed by atoms with Gasteiger partial charge in [-0.25, -0.2) is 8.42 Å². The Morgan fingerprint density at radius 3 is 2.35 bits per heavy atom. The van der Waals surface area contributed by atoms with Gasteiger partial charge in [0.25, 0.3) is 0 Å². The molecule has 1 saturated carbocycles. The van der Waals surface area contributed by atoms with Crippen molar-refractivity contribution >= 4 is 10.0 Å². The average molecular weight is 372 g/mol. The lowest BCUT2D eigenvalue weighted by atomic mass is 10.2. The number of benzene rings is 2. The molecule has 0 bridgehead atoms. The first kappa shape index (κ1) is 18.2. The molecule has 1 aliphatic rings. The third kappa shape index (κ3) is 3.66. The second-order valence-corrected chi connectivity index (χ2v) is 7.99. The Balaban J connectivity index is 1.96. The van der Waals surface area contributed by atoms with Gasteiger partial charge in [0.05, 0.1) is 30.7 Å². The molecule has 0 aromatic heterocycles. The van der Waals surface area contributed by atoms with Gasteiger partial charge in [-0.15, -0.1) is 0 Å². The SMILES string of the molecule is COc1ccc(OC)c(CN(C2CC2)S(=O)(=O)c2ccc(C#N)cc2)c1. The third-order valence-electron chi connectivity index (χ3n) is 4.36. The predicted octanol–water partition coefficient (Wildman–Crippen LogP) is 2.93. The van der Waals surface area contributed by atoms with Crippen LogP contribution in [-0.2, 0) is 16.6 Å². The van der Waals surface area contributed by atoms with E-state index in [1.54, 1.807) is 32.4 Å². The van der Waals surface area contributed by atoms with E-state index in [2.05, 4.69) is 0 Å². The first-order valence-corrected chi connectivity index (χ1v) is 9.66. The van der Waals surface area contributed by atoms with Crippen LogP contribution in [-0.4, -0.2) is 33.0 Å². The van der Waals surface area contributed by atoms with E-state index < -0.39 is 10.0 Å². The molecule has 136 valence electrons. The predicted molar refractivity (Wildman–Crippen MR) is 96.5 cm³/mol. The van der Waals surface area contributed by atoms with E-state index in [0.717, 1.165) is 18.4 Å². The molecule has 6 nitrogen and oxygen atoms in total. The van der Waals surface area contributed by atoms with Gasteiger partial charge >= 0.3 is 0 Å². The number of nitriles is 1. The van der Waals surface area contributed by atoms with E-state index >= 15 is 0 Å². The molecule has 0 amide bonds. The number of hydrogen-bond acceptors (Lipinski definition) is 5. The van der Waals surface area contributed by atoms with Gasteiger partial charge in [0.1, 0.15) is 11.5 Å². The van der Waals surface area contributed by atoms with Crippen molar-refractivity contribution in [2.45, 2.75) is 30.3 Å². The fraction of sp³-hybridized carbons (Fsp3) is 0.316. The van der Waals surface area contributed by atoms with Crippen LogP contribution in [0.15, 0.2) is 47.4 Å². The zero-order valence-electron chi connectivity index (χ0n) is 14.7. The van der Waals surface area contributed by atoms with Gasteiger partial charge in [0, 0.05) is 18.2 Å². The van der Waals surface area contributed by atoms with Crippen LogP contribution in [0.4, 0.5) is 0 Å². The van der Waals surface area contributed by atoms with E-state index in [4.69, 9.17) is 14.7 Å². The molecule has 0 atom stereocenters. The summed E-state index contributed by atoms with van der Waals surface area (Å²) in [5, 5.41) is 8.90. The van der Waals surface area contributed by atoms with Gasteiger partial charge in [0.15, 0.2) is 0 Å². The maximum atomic E-state index is 13.1. The Kier molecular flexibility index (Phi) is 5.16. The molecule has 2 aromatic rings. The molecule has 0 N–H and O–H groups in total. The van der Waals surface area contributed by atoms with Crippen LogP contribution in [0.5, 0.6) is 11.5 Å². The molecule has 1 aliphatic carbocycles. The second kappa shape index (κ2) is 7.36. The van der Waals surface area contributed by atoms with Crippen molar-refractivity contribution in [2.75, 3.05) is 14.2 Å². The zero-order chi connectivity index (χ0) is 18.7. The molecule has 0 saturated heterocycles. The van der Waals surface area contributed by atoms with E-state index in [1.807, 2.05) is 6.07 Å². The number of rotatable bonds is 7. The number of ether oxygens (including phenoxy) is 2. The number of methoxy groups -OCH3 is 2. The Morgan fingerprint density at radius 1 is 1.12 bits per heavy atom. The molecule has 0 radical (unpaired) electrons. The monoisotopic (exact) mass is 372 g/mol. The molecule has 26 heavy (non-hydrogen) atoms. The molecule has 3 rings (SSSR count). The Hall–Kier alpha value is -2.56. The first-order chi connectivity index (χ1) is 12.5. The first-order valence-electron chi connectivity index (χ1n) is 8.22. The maximum Gasteiger partial charge on any atom is 0.243 e. The van der Waals surface area contributed by atoms with E-state index in [1.165, 1.54) is 28.6 Å². The molecule has 7 heteroatoms. The summed E-state index contributed by atoms with van der Waals surface area (Å²) < 4.78 is 38.4. The minimum atomic E-state index is -3.68. The summed E-state index contributed by atoms with van der Waals surface area (Å²) in [5.74, 6) is 1.26. The Labute approximate surface area is 153 Å². The lowest BCUT2D eigenvalue weighted by Gasteiger charge is -2.23. The zero-order valence-corrected chi connectivity index (χ0v) is 15.5. The highest BCUT2D eigenvalue weighted by molar-refractivity contribution is 7.89. The number of nitrogens with zero attached hydrogens (tertiary/aromatic N) is 2. The summed E-state index contributed by atoms with van der Waals surface area (Å²) in [4.78, 5) is 0.185. The van der Waals surface area contributed by atoms with Gasteiger partial charge < -0.3 is 9.47 Å². The van der Waals surface area contributed by atoms with Crippen LogP contribution in [0.2, 0.25) is 0 Å². The summed E-state index contributed by atoms with van der Waals surface area (Å²) in [5.41, 5.74) is 1.17. The lowest BCUT2D eigenvalue weighted by Crippen LogP contribution is -2.32. The average Bonchev–Trinajstić information content (AvgIpc) is 3.50. The van der Waals surface area contributed by atoms with Crippen LogP contribution in [0, 0.1) is 11.3 Å². The topological polar surface area (TPSA) is 79.6 Å². The minimum absolute atomic E-state index is 0.0217. The van der Waals surface area contributed by atoms with Crippen LogP contribution in [0.25, 0.3) is 0 Å². The number of hydrogen-bond donors (Lipinski definition) is 0. The van der Waals surface area contributed by atoms with Crippen LogP contribution >= 0.6 is 0 Å². The van der Waals surface area contributed by atoms with Crippen LogP contribution in [0.1, 0.15) is 24.0 Å². The fourth-order valence-corrected chi connectivity index (χ4v) is 4.45. The van der Waals surface area contributed by atoms with Crippen molar-refractivity contribution in [3.8, 4) is 17.6 Å². The third-order valence-corrected chi connectivity index (χ3v) is 6.27. The molecule has 1 fully saturated rings. The highest BCUT2D eigenvalue weighted by Crippen LogP contribution is 2.36. The van der Waals surface area contributed by atoms with Gasteiger partial charge in [-0.05, 0) is 55.3 Å². The summed E-state index contributed by atoms with van der Waals surface area (Å²) in [6, 6.07) is 13.3. The lowest BCUT2D eigenvalue weighted by molar-refractivity contribution is 0.369. The van der Waals surface area contributed by atoms with Gasteiger partial charge in [-0.3, -0.25) is 0 Å². The molecule has 0 aliphatic heterocycles. The molecular formula is C19H20N2O4S. The Morgan fingerprint density at radius 2 is 1.81 bits per heavy atom. The summed E-state index contributed by atoms with van der Waals surface area (Å²) in [6.45, 7) is 0.202. The van der Waals surface area contributed by atoms with Crippen molar-refractivity contribution in [3.05, 3.63) is 53.6 Å². The van der Waals surface area contributed by atoms with Gasteiger partial charge in [0.2, 0.25) is 10.0 Å². The molecular weight excluding hydrogens is 352 g/mol. The second-order valence-electron chi connectivity index (χ2n) is 6.10. The fourth-order valence-electron chi connectivity index (χ4n) is 2.78. The van der Waals surface area contributed by atoms with Gasteiger partial charge in [-0.2, -0.15) is 9.57 Å². The quantitative estimate of drug-likeness (QED) is 0.747. The van der Waals surface area contributed by atoms with E-state index in [-0.39, 0.29) is 17.5 Å². The summed E-state index contributed by atoms with van der Waals surface area (Å²) >= 11 is 0. The molecule has 0 heterocycles. The van der Waals surface area contributed by atoms with E-state index in [9.17, 15) is 8.42 Å². The normalized spacial score (nSPS) is 14.1. The Bertz CT molecular complexity index is 929. The minimum Gasteiger partial charge on any atom is -0.497 e. The summed E-state index contributed by atoms with van der Waals surface area (Å²) in [6.07, 6.45) is 1.67.